The van der Waals surface area contributed by atoms with Crippen LogP contribution in [0.25, 0.3) is 21.4 Å². The number of rotatable bonds is 8. The van der Waals surface area contributed by atoms with Crippen LogP contribution in [0.4, 0.5) is 15.7 Å². The molecular formula is C28H33N5O8S2. The summed E-state index contributed by atoms with van der Waals surface area (Å²) in [5.41, 5.74) is 0.537. The van der Waals surface area contributed by atoms with Crippen LogP contribution in [0, 0.1) is 0 Å². The van der Waals surface area contributed by atoms with E-state index in [1.807, 2.05) is 20.8 Å². The van der Waals surface area contributed by atoms with Gasteiger partial charge in [-0.3, -0.25) is 4.72 Å². The highest BCUT2D eigenvalue weighted by Gasteiger charge is 2.29. The maximum atomic E-state index is 13.4. The second-order valence-corrected chi connectivity index (χ2v) is 13.3. The molecule has 0 bridgehead atoms. The summed E-state index contributed by atoms with van der Waals surface area (Å²) in [6, 6.07) is 8.20. The molecule has 0 saturated carbocycles. The molecule has 43 heavy (non-hydrogen) atoms. The SMILES string of the molecule is COc1cccc(OC)c1S(=O)(=O)Nc1noc2cc(-c3cnc(N4CCN(C(=O)OC(C)(C)C)CC4)s3)cc(OC)c12. The van der Waals surface area contributed by atoms with Crippen LogP contribution in [0.15, 0.2) is 45.9 Å². The molecule has 0 unspecified atom stereocenters. The topological polar surface area (TPSA) is 146 Å². The van der Waals surface area contributed by atoms with Gasteiger partial charge in [-0.05, 0) is 45.0 Å². The summed E-state index contributed by atoms with van der Waals surface area (Å²) in [6.45, 7) is 7.85. The second-order valence-electron chi connectivity index (χ2n) is 10.6. The van der Waals surface area contributed by atoms with E-state index in [2.05, 4.69) is 19.8 Å². The standard InChI is InChI=1S/C28H33N5O8S2/c1-28(2,3)40-27(34)33-12-10-32(11-13-33)26-29-16-22(42-26)17-14-20(39-6)23-21(15-17)41-30-25(23)31-43(35,36)24-18(37-4)8-7-9-19(24)38-5/h7-9,14-16H,10-13H2,1-6H3,(H,30,31). The van der Waals surface area contributed by atoms with E-state index in [4.69, 9.17) is 23.5 Å². The summed E-state index contributed by atoms with van der Waals surface area (Å²) in [5, 5.41) is 5.16. The molecule has 1 aliphatic heterocycles. The van der Waals surface area contributed by atoms with Crippen molar-refractivity contribution in [2.24, 2.45) is 0 Å². The van der Waals surface area contributed by atoms with Crippen molar-refractivity contribution < 1.29 is 36.7 Å². The van der Waals surface area contributed by atoms with Gasteiger partial charge >= 0.3 is 6.09 Å². The van der Waals surface area contributed by atoms with Crippen molar-refractivity contribution in [2.45, 2.75) is 31.3 Å². The molecule has 1 amide bonds. The molecule has 1 saturated heterocycles. The zero-order valence-electron chi connectivity index (χ0n) is 24.7. The molecule has 1 aliphatic rings. The monoisotopic (exact) mass is 631 g/mol. The molecule has 2 aromatic carbocycles. The molecule has 230 valence electrons. The van der Waals surface area contributed by atoms with E-state index < -0.39 is 15.6 Å². The molecule has 13 nitrogen and oxygen atoms in total. The van der Waals surface area contributed by atoms with Crippen LogP contribution in [0.1, 0.15) is 20.8 Å². The lowest BCUT2D eigenvalue weighted by Gasteiger charge is -2.35. The molecule has 5 rings (SSSR count). The summed E-state index contributed by atoms with van der Waals surface area (Å²) in [7, 11) is 0.0298. The summed E-state index contributed by atoms with van der Waals surface area (Å²) in [4.78, 5) is 21.5. The number of methoxy groups -OCH3 is 3. The predicted molar refractivity (Wildman–Crippen MR) is 162 cm³/mol. The fraction of sp³-hybridized carbons (Fsp3) is 0.393. The lowest BCUT2D eigenvalue weighted by atomic mass is 10.1. The van der Waals surface area contributed by atoms with Crippen LogP contribution in [0.5, 0.6) is 17.2 Å². The Balaban J connectivity index is 1.37. The molecule has 0 spiro atoms. The molecular weight excluding hydrogens is 598 g/mol. The fourth-order valence-electron chi connectivity index (χ4n) is 4.62. The summed E-state index contributed by atoms with van der Waals surface area (Å²) < 4.78 is 56.5. The average molecular weight is 632 g/mol. The highest BCUT2D eigenvalue weighted by molar-refractivity contribution is 7.93. The first-order valence-corrected chi connectivity index (χ1v) is 15.6. The minimum atomic E-state index is -4.20. The van der Waals surface area contributed by atoms with Gasteiger partial charge in [0.15, 0.2) is 21.4 Å². The number of benzene rings is 2. The van der Waals surface area contributed by atoms with Crippen LogP contribution in [0.3, 0.4) is 0 Å². The van der Waals surface area contributed by atoms with Gasteiger partial charge in [-0.25, -0.2) is 18.2 Å². The third kappa shape index (κ3) is 6.27. The largest absolute Gasteiger partial charge is 0.496 e. The van der Waals surface area contributed by atoms with Gasteiger partial charge in [0, 0.05) is 37.9 Å². The zero-order valence-corrected chi connectivity index (χ0v) is 26.3. The molecule has 2 aromatic heterocycles. The van der Waals surface area contributed by atoms with Gasteiger partial charge in [-0.2, -0.15) is 0 Å². The van der Waals surface area contributed by atoms with Gasteiger partial charge < -0.3 is 33.3 Å². The fourth-order valence-corrected chi connectivity index (χ4v) is 6.90. The Bertz CT molecular complexity index is 1720. The number of thiazole rings is 1. The lowest BCUT2D eigenvalue weighted by molar-refractivity contribution is 0.0240. The Kier molecular flexibility index (Phi) is 8.29. The number of aromatic nitrogens is 2. The van der Waals surface area contributed by atoms with Gasteiger partial charge in [0.05, 0.1) is 26.2 Å². The normalized spacial score (nSPS) is 14.1. The number of ether oxygens (including phenoxy) is 4. The Morgan fingerprint density at radius 1 is 1.00 bits per heavy atom. The number of sulfonamides is 1. The number of piperazine rings is 1. The Morgan fingerprint density at radius 2 is 1.65 bits per heavy atom. The average Bonchev–Trinajstić information content (AvgIpc) is 3.63. The van der Waals surface area contributed by atoms with Crippen molar-refractivity contribution in [3.63, 3.8) is 0 Å². The molecule has 15 heteroatoms. The van der Waals surface area contributed by atoms with Crippen LogP contribution in [-0.4, -0.2) is 82.7 Å². The Morgan fingerprint density at radius 3 is 2.26 bits per heavy atom. The zero-order chi connectivity index (χ0) is 30.9. The molecule has 1 N–H and O–H groups in total. The van der Waals surface area contributed by atoms with E-state index in [1.54, 1.807) is 29.3 Å². The summed E-state index contributed by atoms with van der Waals surface area (Å²) in [6.07, 6.45) is 1.44. The van der Waals surface area contributed by atoms with Crippen LogP contribution in [-0.2, 0) is 14.8 Å². The first-order chi connectivity index (χ1) is 20.4. The maximum Gasteiger partial charge on any atom is 0.410 e. The lowest BCUT2D eigenvalue weighted by Crippen LogP contribution is -2.50. The molecule has 3 heterocycles. The smallest absolute Gasteiger partial charge is 0.410 e. The van der Waals surface area contributed by atoms with E-state index in [9.17, 15) is 13.2 Å². The third-order valence-corrected chi connectivity index (χ3v) is 9.13. The Hall–Kier alpha value is -4.24. The van der Waals surface area contributed by atoms with Gasteiger partial charge in [0.2, 0.25) is 0 Å². The van der Waals surface area contributed by atoms with Crippen molar-refractivity contribution >= 4 is 49.4 Å². The minimum absolute atomic E-state index is 0.0424. The number of nitrogens with zero attached hydrogens (tertiary/aromatic N) is 4. The molecule has 0 radical (unpaired) electrons. The summed E-state index contributed by atoms with van der Waals surface area (Å²) in [5.74, 6) is 0.542. The van der Waals surface area contributed by atoms with Crippen molar-refractivity contribution in [2.75, 3.05) is 57.1 Å². The number of hydrogen-bond acceptors (Lipinski definition) is 12. The number of nitrogens with one attached hydrogen (secondary N) is 1. The van der Waals surface area contributed by atoms with E-state index in [0.717, 1.165) is 15.6 Å². The number of amides is 1. The van der Waals surface area contributed by atoms with E-state index in [1.165, 1.54) is 44.8 Å². The third-order valence-electron chi connectivity index (χ3n) is 6.62. The van der Waals surface area contributed by atoms with Crippen LogP contribution >= 0.6 is 11.3 Å². The second kappa shape index (κ2) is 11.8. The van der Waals surface area contributed by atoms with Crippen LogP contribution in [0.2, 0.25) is 0 Å². The molecule has 1 fully saturated rings. The Labute approximate surface area is 253 Å². The highest BCUT2D eigenvalue weighted by atomic mass is 32.2. The first-order valence-electron chi connectivity index (χ1n) is 13.3. The summed E-state index contributed by atoms with van der Waals surface area (Å²) >= 11 is 1.49. The van der Waals surface area contributed by atoms with Crippen molar-refractivity contribution in [3.05, 3.63) is 36.5 Å². The van der Waals surface area contributed by atoms with Gasteiger partial charge in [0.1, 0.15) is 28.2 Å². The van der Waals surface area contributed by atoms with E-state index >= 15 is 0 Å². The predicted octanol–water partition coefficient (Wildman–Crippen LogP) is 4.84. The van der Waals surface area contributed by atoms with Gasteiger partial charge in [0.25, 0.3) is 10.0 Å². The van der Waals surface area contributed by atoms with E-state index in [0.29, 0.717) is 42.9 Å². The number of anilines is 2. The number of carbonyl (C=O) groups is 1. The van der Waals surface area contributed by atoms with Gasteiger partial charge in [-0.15, -0.1) is 0 Å². The van der Waals surface area contributed by atoms with Crippen molar-refractivity contribution in [3.8, 4) is 27.7 Å². The quantitative estimate of drug-likeness (QED) is 0.285. The number of carbonyl (C=O) groups excluding carboxylic acids is 1. The van der Waals surface area contributed by atoms with E-state index in [-0.39, 0.29) is 28.3 Å². The number of fused-ring (bicyclic) bond motifs is 1. The maximum absolute atomic E-state index is 13.4. The highest BCUT2D eigenvalue weighted by Crippen LogP contribution is 2.41. The van der Waals surface area contributed by atoms with Gasteiger partial charge in [-0.1, -0.05) is 22.6 Å². The molecule has 0 aliphatic carbocycles. The minimum Gasteiger partial charge on any atom is -0.496 e. The molecule has 0 atom stereocenters. The van der Waals surface area contributed by atoms with Crippen molar-refractivity contribution in [1.82, 2.24) is 15.0 Å². The first kappa shape index (κ1) is 30.2. The van der Waals surface area contributed by atoms with Crippen molar-refractivity contribution in [1.29, 1.82) is 0 Å². The molecule has 4 aromatic rings. The number of hydrogen-bond donors (Lipinski definition) is 1. The van der Waals surface area contributed by atoms with Crippen LogP contribution < -0.4 is 23.8 Å².